The van der Waals surface area contributed by atoms with E-state index in [0.717, 1.165) is 41.9 Å². The van der Waals surface area contributed by atoms with Gasteiger partial charge in [0.1, 0.15) is 17.5 Å². The Morgan fingerprint density at radius 1 is 1.33 bits per heavy atom. The van der Waals surface area contributed by atoms with E-state index in [-0.39, 0.29) is 12.0 Å². The molecule has 4 heterocycles. The van der Waals surface area contributed by atoms with Crippen molar-refractivity contribution in [2.75, 3.05) is 36.1 Å². The number of likely N-dealkylation sites (N-methyl/N-ethyl adjacent to an activating group) is 1. The fourth-order valence-electron chi connectivity index (χ4n) is 4.08. The number of hydrogen-bond acceptors (Lipinski definition) is 8. The standard InChI is InChI=1S/C21H27N9/c1-12-15(10-22)20(28-21(23)26-12)25-13(2)19-18(30-8-5-14(11-30)24-3)9-17-16(27-19)6-7-29(17)4/h6-7,9,13-14,24H,5,8,11H2,1-4H3,(H3,23,25,26,28)/t13-,14-/m0/s1. The summed E-state index contributed by atoms with van der Waals surface area (Å²) < 4.78 is 2.08. The number of aromatic nitrogens is 4. The number of pyridine rings is 1. The third-order valence-corrected chi connectivity index (χ3v) is 5.79. The van der Waals surface area contributed by atoms with Crippen LogP contribution in [0.2, 0.25) is 0 Å². The first kappa shape index (κ1) is 19.9. The van der Waals surface area contributed by atoms with E-state index in [2.05, 4.69) is 42.2 Å². The summed E-state index contributed by atoms with van der Waals surface area (Å²) in [5.41, 5.74) is 10.8. The van der Waals surface area contributed by atoms with Crippen molar-refractivity contribution < 1.29 is 0 Å². The molecule has 3 aromatic rings. The predicted octanol–water partition coefficient (Wildman–Crippen LogP) is 2.10. The Balaban J connectivity index is 1.76. The largest absolute Gasteiger partial charge is 0.368 e. The van der Waals surface area contributed by atoms with Gasteiger partial charge in [-0.15, -0.1) is 0 Å². The van der Waals surface area contributed by atoms with E-state index in [4.69, 9.17) is 10.7 Å². The van der Waals surface area contributed by atoms with Crippen LogP contribution in [0.1, 0.15) is 36.3 Å². The maximum Gasteiger partial charge on any atom is 0.222 e. The van der Waals surface area contributed by atoms with Crippen LogP contribution in [0.15, 0.2) is 18.3 Å². The number of nitrogen functional groups attached to an aromatic ring is 1. The Morgan fingerprint density at radius 2 is 2.13 bits per heavy atom. The van der Waals surface area contributed by atoms with Gasteiger partial charge in [-0.2, -0.15) is 10.2 Å². The first-order chi connectivity index (χ1) is 14.4. The van der Waals surface area contributed by atoms with Gasteiger partial charge in [0, 0.05) is 32.4 Å². The van der Waals surface area contributed by atoms with Crippen molar-refractivity contribution >= 4 is 28.5 Å². The molecule has 1 aliphatic rings. The third-order valence-electron chi connectivity index (χ3n) is 5.79. The molecule has 0 unspecified atom stereocenters. The molecule has 30 heavy (non-hydrogen) atoms. The van der Waals surface area contributed by atoms with Crippen molar-refractivity contribution in [3.05, 3.63) is 35.3 Å². The van der Waals surface area contributed by atoms with Crippen molar-refractivity contribution in [1.82, 2.24) is 24.8 Å². The first-order valence-electron chi connectivity index (χ1n) is 10.1. The van der Waals surface area contributed by atoms with E-state index in [1.165, 1.54) is 0 Å². The molecule has 4 N–H and O–H groups in total. The summed E-state index contributed by atoms with van der Waals surface area (Å²) in [6.45, 7) is 5.68. The van der Waals surface area contributed by atoms with Crippen molar-refractivity contribution in [2.24, 2.45) is 7.05 Å². The fourth-order valence-corrected chi connectivity index (χ4v) is 4.08. The van der Waals surface area contributed by atoms with Crippen LogP contribution >= 0.6 is 0 Å². The SMILES string of the molecule is CN[C@H]1CCN(c2cc3c(ccn3C)nc2[C@H](C)Nc2nc(N)nc(C)c2C#N)C1. The van der Waals surface area contributed by atoms with E-state index in [9.17, 15) is 5.26 Å². The molecule has 1 saturated heterocycles. The summed E-state index contributed by atoms with van der Waals surface area (Å²) in [5, 5.41) is 16.3. The van der Waals surface area contributed by atoms with Gasteiger partial charge in [-0.3, -0.25) is 0 Å². The molecule has 9 nitrogen and oxygen atoms in total. The minimum absolute atomic E-state index is 0.143. The van der Waals surface area contributed by atoms with E-state index >= 15 is 0 Å². The second-order valence-corrected chi connectivity index (χ2v) is 7.81. The molecule has 3 aromatic heterocycles. The molecule has 0 amide bonds. The minimum atomic E-state index is -0.181. The number of nitrogens with zero attached hydrogens (tertiary/aromatic N) is 6. The van der Waals surface area contributed by atoms with Crippen molar-refractivity contribution in [1.29, 1.82) is 5.26 Å². The molecule has 0 aromatic carbocycles. The van der Waals surface area contributed by atoms with Crippen molar-refractivity contribution in [3.8, 4) is 6.07 Å². The Kier molecular flexibility index (Phi) is 5.18. The summed E-state index contributed by atoms with van der Waals surface area (Å²) in [4.78, 5) is 15.7. The van der Waals surface area contributed by atoms with Crippen LogP contribution in [0.5, 0.6) is 0 Å². The molecule has 1 fully saturated rings. The minimum Gasteiger partial charge on any atom is -0.368 e. The van der Waals surface area contributed by atoms with E-state index in [1.807, 2.05) is 33.3 Å². The number of nitrogens with two attached hydrogens (primary N) is 1. The number of aryl methyl sites for hydroxylation is 2. The molecule has 4 rings (SSSR count). The predicted molar refractivity (Wildman–Crippen MR) is 118 cm³/mol. The van der Waals surface area contributed by atoms with Gasteiger partial charge >= 0.3 is 0 Å². The van der Waals surface area contributed by atoms with Crippen molar-refractivity contribution in [3.63, 3.8) is 0 Å². The van der Waals surface area contributed by atoms with Crippen LogP contribution in [-0.2, 0) is 7.05 Å². The van der Waals surface area contributed by atoms with Gasteiger partial charge < -0.3 is 25.8 Å². The summed E-state index contributed by atoms with van der Waals surface area (Å²) in [7, 11) is 4.03. The van der Waals surface area contributed by atoms with Crippen LogP contribution in [0.4, 0.5) is 17.5 Å². The highest BCUT2D eigenvalue weighted by Gasteiger charge is 2.27. The van der Waals surface area contributed by atoms with Crippen LogP contribution in [0, 0.1) is 18.3 Å². The monoisotopic (exact) mass is 405 g/mol. The van der Waals surface area contributed by atoms with Gasteiger partial charge in [0.15, 0.2) is 0 Å². The average molecular weight is 406 g/mol. The number of nitriles is 1. The summed E-state index contributed by atoms with van der Waals surface area (Å²) in [6, 6.07) is 6.68. The van der Waals surface area contributed by atoms with E-state index < -0.39 is 0 Å². The molecule has 0 spiro atoms. The highest BCUT2D eigenvalue weighted by Crippen LogP contribution is 2.33. The quantitative estimate of drug-likeness (QED) is 0.590. The third kappa shape index (κ3) is 3.50. The van der Waals surface area contributed by atoms with Gasteiger partial charge in [-0.25, -0.2) is 9.97 Å². The second-order valence-electron chi connectivity index (χ2n) is 7.81. The van der Waals surface area contributed by atoms with Gasteiger partial charge in [-0.05, 0) is 39.4 Å². The van der Waals surface area contributed by atoms with Crippen LogP contribution in [-0.4, -0.2) is 45.7 Å². The van der Waals surface area contributed by atoms with E-state index in [0.29, 0.717) is 23.1 Å². The van der Waals surface area contributed by atoms with Crippen LogP contribution < -0.4 is 21.3 Å². The number of anilines is 3. The van der Waals surface area contributed by atoms with Gasteiger partial charge in [-0.1, -0.05) is 0 Å². The molecule has 0 bridgehead atoms. The molecule has 0 saturated carbocycles. The lowest BCUT2D eigenvalue weighted by Gasteiger charge is -2.25. The number of hydrogen-bond donors (Lipinski definition) is 3. The summed E-state index contributed by atoms with van der Waals surface area (Å²) in [5.74, 6) is 0.578. The Labute approximate surface area is 175 Å². The lowest BCUT2D eigenvalue weighted by atomic mass is 10.1. The summed E-state index contributed by atoms with van der Waals surface area (Å²) in [6.07, 6.45) is 3.11. The summed E-state index contributed by atoms with van der Waals surface area (Å²) >= 11 is 0. The molecule has 2 atom stereocenters. The van der Waals surface area contributed by atoms with E-state index in [1.54, 1.807) is 6.92 Å². The fraction of sp³-hybridized carbons (Fsp3) is 0.429. The second kappa shape index (κ2) is 7.80. The lowest BCUT2D eigenvalue weighted by molar-refractivity contribution is 0.616. The molecule has 156 valence electrons. The molecule has 9 heteroatoms. The topological polar surface area (TPSA) is 121 Å². The Bertz CT molecular complexity index is 1130. The zero-order valence-electron chi connectivity index (χ0n) is 17.8. The number of nitrogens with one attached hydrogen (secondary N) is 2. The zero-order chi connectivity index (χ0) is 21.4. The number of fused-ring (bicyclic) bond motifs is 1. The highest BCUT2D eigenvalue weighted by atomic mass is 15.2. The maximum absolute atomic E-state index is 9.56. The lowest BCUT2D eigenvalue weighted by Crippen LogP contribution is -2.30. The Hall–Kier alpha value is -3.38. The smallest absolute Gasteiger partial charge is 0.222 e. The molecule has 0 radical (unpaired) electrons. The van der Waals surface area contributed by atoms with Gasteiger partial charge in [0.2, 0.25) is 5.95 Å². The van der Waals surface area contributed by atoms with Gasteiger partial charge in [0.05, 0.1) is 34.2 Å². The van der Waals surface area contributed by atoms with Crippen molar-refractivity contribution in [2.45, 2.75) is 32.4 Å². The highest BCUT2D eigenvalue weighted by molar-refractivity contribution is 5.81. The zero-order valence-corrected chi connectivity index (χ0v) is 17.8. The maximum atomic E-state index is 9.56. The van der Waals surface area contributed by atoms with Gasteiger partial charge in [0.25, 0.3) is 0 Å². The normalized spacial score (nSPS) is 17.3. The first-order valence-corrected chi connectivity index (χ1v) is 10.1. The average Bonchev–Trinajstić information content (AvgIpc) is 3.33. The number of rotatable bonds is 5. The molecular weight excluding hydrogens is 378 g/mol. The van der Waals surface area contributed by atoms with Crippen LogP contribution in [0.3, 0.4) is 0 Å². The Morgan fingerprint density at radius 3 is 2.83 bits per heavy atom. The molecular formula is C21H27N9. The molecule has 0 aliphatic carbocycles. The van der Waals surface area contributed by atoms with Crippen LogP contribution in [0.25, 0.3) is 11.0 Å². The molecule has 1 aliphatic heterocycles.